The number of ketones is 1. The van der Waals surface area contributed by atoms with Crippen molar-refractivity contribution in [2.75, 3.05) is 26.0 Å². The molecular weight excluding hydrogens is 354 g/mol. The van der Waals surface area contributed by atoms with Crippen LogP contribution in [0.3, 0.4) is 0 Å². The Morgan fingerprint density at radius 1 is 1.18 bits per heavy atom. The van der Waals surface area contributed by atoms with Crippen LogP contribution in [0.1, 0.15) is 22.8 Å². The molecule has 0 aliphatic heterocycles. The Labute approximate surface area is 164 Å². The number of nitrogens with zero attached hydrogens (tertiary/aromatic N) is 1. The quantitative estimate of drug-likeness (QED) is 0.615. The molecule has 1 unspecified atom stereocenters. The van der Waals surface area contributed by atoms with Crippen LogP contribution in [0.2, 0.25) is 0 Å². The van der Waals surface area contributed by atoms with E-state index in [2.05, 4.69) is 10.3 Å². The van der Waals surface area contributed by atoms with Crippen LogP contribution in [0.25, 0.3) is 10.9 Å². The molecule has 3 rings (SSSR count). The topological polar surface area (TPSA) is 74.4 Å². The number of aromatic nitrogens is 1. The number of hydrogen-bond donors (Lipinski definition) is 2. The molecule has 1 atom stereocenters. The van der Waals surface area contributed by atoms with Gasteiger partial charge in [0.15, 0.2) is 12.4 Å². The molecule has 28 heavy (non-hydrogen) atoms. The molecule has 0 saturated heterocycles. The molecular formula is C22H25N3O3. The molecule has 2 aromatic carbocycles. The summed E-state index contributed by atoms with van der Waals surface area (Å²) in [7, 11) is 3.37. The number of fused-ring (bicyclic) bond motifs is 1. The van der Waals surface area contributed by atoms with Gasteiger partial charge < -0.3 is 19.9 Å². The lowest BCUT2D eigenvalue weighted by atomic mass is 10.0. The van der Waals surface area contributed by atoms with Crippen molar-refractivity contribution >= 4 is 28.3 Å². The predicted octanol–water partition coefficient (Wildman–Crippen LogP) is 3.63. The van der Waals surface area contributed by atoms with Gasteiger partial charge in [0.1, 0.15) is 5.75 Å². The number of benzene rings is 2. The normalized spacial score (nSPS) is 11.9. The van der Waals surface area contributed by atoms with Crippen LogP contribution in [-0.2, 0) is 4.79 Å². The lowest BCUT2D eigenvalue weighted by Crippen LogP contribution is -2.28. The zero-order valence-electron chi connectivity index (χ0n) is 16.6. The summed E-state index contributed by atoms with van der Waals surface area (Å²) in [5.74, 6) is 0.400. The molecule has 2 N–H and O–H groups in total. The molecule has 0 aliphatic rings. The van der Waals surface area contributed by atoms with E-state index in [1.165, 1.54) is 4.90 Å². The van der Waals surface area contributed by atoms with E-state index in [-0.39, 0.29) is 18.3 Å². The number of amides is 1. The van der Waals surface area contributed by atoms with Crippen molar-refractivity contribution in [3.63, 3.8) is 0 Å². The van der Waals surface area contributed by atoms with Crippen molar-refractivity contribution in [1.29, 1.82) is 0 Å². The molecule has 0 radical (unpaired) electrons. The van der Waals surface area contributed by atoms with Gasteiger partial charge in [-0.25, -0.2) is 0 Å². The van der Waals surface area contributed by atoms with E-state index in [1.807, 2.05) is 56.3 Å². The fourth-order valence-electron chi connectivity index (χ4n) is 2.94. The lowest BCUT2D eigenvalue weighted by Gasteiger charge is -2.19. The summed E-state index contributed by atoms with van der Waals surface area (Å²) in [5, 5.41) is 4.13. The van der Waals surface area contributed by atoms with Gasteiger partial charge in [-0.1, -0.05) is 24.3 Å². The van der Waals surface area contributed by atoms with Gasteiger partial charge in [-0.05, 0) is 37.6 Å². The highest BCUT2D eigenvalue weighted by molar-refractivity contribution is 6.11. The maximum Gasteiger partial charge on any atom is 0.259 e. The monoisotopic (exact) mass is 379 g/mol. The van der Waals surface area contributed by atoms with Crippen molar-refractivity contribution in [3.05, 3.63) is 59.8 Å². The maximum atomic E-state index is 13.0. The second-order valence-electron chi connectivity index (χ2n) is 7.05. The standard InChI is InChI=1S/C22H25N3O3/c1-14-9-10-19(20(11-14)28-13-21(26)25(3)4)24-15(2)22(27)17-12-23-18-8-6-5-7-16(17)18/h5-12,15,23-24H,13H2,1-4H3. The van der Waals surface area contributed by atoms with E-state index in [4.69, 9.17) is 4.74 Å². The predicted molar refractivity (Wildman–Crippen MR) is 111 cm³/mol. The zero-order valence-corrected chi connectivity index (χ0v) is 16.6. The minimum Gasteiger partial charge on any atom is -0.482 e. The number of ether oxygens (including phenoxy) is 1. The Kier molecular flexibility index (Phi) is 5.68. The fraction of sp³-hybridized carbons (Fsp3) is 0.273. The van der Waals surface area contributed by atoms with Crippen LogP contribution in [0, 0.1) is 6.92 Å². The highest BCUT2D eigenvalue weighted by atomic mass is 16.5. The maximum absolute atomic E-state index is 13.0. The Bertz CT molecular complexity index is 1010. The summed E-state index contributed by atoms with van der Waals surface area (Å²) in [5.41, 5.74) is 3.26. The van der Waals surface area contributed by atoms with Crippen LogP contribution in [-0.4, -0.2) is 48.3 Å². The number of H-pyrrole nitrogens is 1. The molecule has 1 aromatic heterocycles. The van der Waals surface area contributed by atoms with E-state index < -0.39 is 6.04 Å². The summed E-state index contributed by atoms with van der Waals surface area (Å²) < 4.78 is 5.71. The minimum absolute atomic E-state index is 0.0201. The SMILES string of the molecule is Cc1ccc(NC(C)C(=O)c2c[nH]c3ccccc23)c(OCC(=O)N(C)C)c1. The molecule has 0 saturated carbocycles. The first-order valence-corrected chi connectivity index (χ1v) is 9.17. The summed E-state index contributed by atoms with van der Waals surface area (Å²) in [6.45, 7) is 3.71. The number of aromatic amines is 1. The van der Waals surface area contributed by atoms with Crippen LogP contribution in [0.4, 0.5) is 5.69 Å². The first kappa shape index (κ1) is 19.5. The van der Waals surface area contributed by atoms with Gasteiger partial charge in [-0.3, -0.25) is 9.59 Å². The average molecular weight is 379 g/mol. The summed E-state index contributed by atoms with van der Waals surface area (Å²) in [4.78, 5) is 29.4. The van der Waals surface area contributed by atoms with Crippen LogP contribution < -0.4 is 10.1 Å². The summed E-state index contributed by atoms with van der Waals surface area (Å²) in [6, 6.07) is 12.9. The number of rotatable bonds is 7. The molecule has 0 aliphatic carbocycles. The van der Waals surface area contributed by atoms with E-state index in [1.54, 1.807) is 20.3 Å². The summed E-state index contributed by atoms with van der Waals surface area (Å²) >= 11 is 0. The smallest absolute Gasteiger partial charge is 0.259 e. The van der Waals surface area contributed by atoms with Crippen molar-refractivity contribution in [3.8, 4) is 5.75 Å². The number of carbonyl (C=O) groups excluding carboxylic acids is 2. The molecule has 6 nitrogen and oxygen atoms in total. The molecule has 0 spiro atoms. The van der Waals surface area contributed by atoms with Crippen LogP contribution in [0.15, 0.2) is 48.7 Å². The van der Waals surface area contributed by atoms with E-state index in [0.29, 0.717) is 17.0 Å². The van der Waals surface area contributed by atoms with Gasteiger partial charge in [0.25, 0.3) is 5.91 Å². The average Bonchev–Trinajstić information content (AvgIpc) is 3.11. The first-order chi connectivity index (χ1) is 13.4. The zero-order chi connectivity index (χ0) is 20.3. The first-order valence-electron chi connectivity index (χ1n) is 9.17. The lowest BCUT2D eigenvalue weighted by molar-refractivity contribution is -0.130. The Balaban J connectivity index is 1.78. The number of nitrogens with one attached hydrogen (secondary N) is 2. The number of aryl methyl sites for hydroxylation is 1. The third-order valence-corrected chi connectivity index (χ3v) is 4.61. The third-order valence-electron chi connectivity index (χ3n) is 4.61. The van der Waals surface area contributed by atoms with E-state index >= 15 is 0 Å². The Morgan fingerprint density at radius 2 is 1.93 bits per heavy atom. The second-order valence-corrected chi connectivity index (χ2v) is 7.05. The van der Waals surface area contributed by atoms with E-state index in [0.717, 1.165) is 16.5 Å². The molecule has 146 valence electrons. The molecule has 3 aromatic rings. The molecule has 1 heterocycles. The third kappa shape index (κ3) is 4.17. The van der Waals surface area contributed by atoms with Gasteiger partial charge in [0.2, 0.25) is 0 Å². The number of para-hydroxylation sites is 1. The number of carbonyl (C=O) groups is 2. The van der Waals surface area contributed by atoms with E-state index in [9.17, 15) is 9.59 Å². The molecule has 6 heteroatoms. The van der Waals surface area contributed by atoms with Gasteiger partial charge in [-0.15, -0.1) is 0 Å². The number of Topliss-reactive ketones (excluding diaryl/α,β-unsaturated/α-hetero) is 1. The second kappa shape index (κ2) is 8.17. The Hall–Kier alpha value is -3.28. The largest absolute Gasteiger partial charge is 0.482 e. The molecule has 0 bridgehead atoms. The van der Waals surface area contributed by atoms with Crippen molar-refractivity contribution in [2.24, 2.45) is 0 Å². The highest BCUT2D eigenvalue weighted by Crippen LogP contribution is 2.28. The Morgan fingerprint density at radius 3 is 2.68 bits per heavy atom. The van der Waals surface area contributed by atoms with Crippen LogP contribution in [0.5, 0.6) is 5.75 Å². The summed E-state index contributed by atoms with van der Waals surface area (Å²) in [6.07, 6.45) is 1.74. The number of hydrogen-bond acceptors (Lipinski definition) is 4. The van der Waals surface area contributed by atoms with Gasteiger partial charge in [0, 0.05) is 36.8 Å². The van der Waals surface area contributed by atoms with Crippen molar-refractivity contribution < 1.29 is 14.3 Å². The minimum atomic E-state index is -0.464. The van der Waals surface area contributed by atoms with Crippen molar-refractivity contribution in [1.82, 2.24) is 9.88 Å². The number of anilines is 1. The van der Waals surface area contributed by atoms with Gasteiger partial charge in [-0.2, -0.15) is 0 Å². The number of likely N-dealkylation sites (N-methyl/N-ethyl adjacent to an activating group) is 1. The molecule has 0 fully saturated rings. The highest BCUT2D eigenvalue weighted by Gasteiger charge is 2.20. The fourth-order valence-corrected chi connectivity index (χ4v) is 2.94. The van der Waals surface area contributed by atoms with Gasteiger partial charge in [0.05, 0.1) is 11.7 Å². The molecule has 1 amide bonds. The van der Waals surface area contributed by atoms with Gasteiger partial charge >= 0.3 is 0 Å². The van der Waals surface area contributed by atoms with Crippen molar-refractivity contribution in [2.45, 2.75) is 19.9 Å². The van der Waals surface area contributed by atoms with Crippen LogP contribution >= 0.6 is 0 Å².